The second kappa shape index (κ2) is 8.18. The lowest BCUT2D eigenvalue weighted by Crippen LogP contribution is -2.45. The molecule has 0 spiro atoms. The molecule has 0 aromatic heterocycles. The zero-order valence-electron chi connectivity index (χ0n) is 15.2. The van der Waals surface area contributed by atoms with Gasteiger partial charge in [-0.05, 0) is 37.1 Å². The van der Waals surface area contributed by atoms with Crippen molar-refractivity contribution in [3.05, 3.63) is 59.7 Å². The van der Waals surface area contributed by atoms with Crippen LogP contribution in [0.5, 0.6) is 0 Å². The Morgan fingerprint density at radius 2 is 1.69 bits per heavy atom. The second-order valence-corrected chi connectivity index (χ2v) is 8.41. The van der Waals surface area contributed by atoms with Crippen molar-refractivity contribution in [2.24, 2.45) is 5.73 Å². The van der Waals surface area contributed by atoms with E-state index in [1.54, 1.807) is 50.2 Å². The Morgan fingerprint density at radius 3 is 2.23 bits per heavy atom. The molecule has 0 fully saturated rings. The van der Waals surface area contributed by atoms with Gasteiger partial charge in [-0.2, -0.15) is 0 Å². The summed E-state index contributed by atoms with van der Waals surface area (Å²) in [6, 6.07) is 13.8. The average molecular weight is 398 g/mol. The lowest BCUT2D eigenvalue weighted by molar-refractivity contribution is -0.120. The van der Waals surface area contributed by atoms with Crippen LogP contribution >= 0.6 is 12.4 Å². The zero-order chi connectivity index (χ0) is 18.8. The van der Waals surface area contributed by atoms with Gasteiger partial charge in [0.2, 0.25) is 15.9 Å². The topological polar surface area (TPSA) is 92.5 Å². The van der Waals surface area contributed by atoms with Gasteiger partial charge in [0.15, 0.2) is 0 Å². The summed E-state index contributed by atoms with van der Waals surface area (Å²) in [5, 5.41) is 2.71. The molecule has 2 rings (SSSR count). The molecular weight excluding hydrogens is 374 g/mol. The number of carbonyl (C=O) groups is 1. The van der Waals surface area contributed by atoms with Crippen LogP contribution in [0.3, 0.4) is 0 Å². The first kappa shape index (κ1) is 22.1. The number of anilines is 1. The SMILES string of the molecule is Cc1ccc(NC(=O)C(C)(N)c2ccccc2)cc1S(=O)(=O)N(C)C.Cl. The summed E-state index contributed by atoms with van der Waals surface area (Å²) in [5.41, 5.74) is 6.60. The minimum atomic E-state index is -3.60. The third-order valence-electron chi connectivity index (χ3n) is 4.05. The van der Waals surface area contributed by atoms with Gasteiger partial charge in [-0.15, -0.1) is 12.4 Å². The highest BCUT2D eigenvalue weighted by molar-refractivity contribution is 7.89. The molecule has 0 aliphatic heterocycles. The molecule has 2 aromatic carbocycles. The standard InChI is InChI=1S/C18H23N3O3S.ClH/c1-13-10-11-15(12-16(13)25(23,24)21(3)4)20-17(22)18(2,19)14-8-6-5-7-9-14;/h5-12H,19H2,1-4H3,(H,20,22);1H. The summed E-state index contributed by atoms with van der Waals surface area (Å²) in [6.07, 6.45) is 0. The van der Waals surface area contributed by atoms with Gasteiger partial charge in [0, 0.05) is 19.8 Å². The molecule has 26 heavy (non-hydrogen) atoms. The van der Waals surface area contributed by atoms with Gasteiger partial charge >= 0.3 is 0 Å². The van der Waals surface area contributed by atoms with E-state index in [-0.39, 0.29) is 17.3 Å². The molecule has 0 heterocycles. The normalized spacial score (nSPS) is 13.6. The van der Waals surface area contributed by atoms with E-state index in [0.717, 1.165) is 4.31 Å². The summed E-state index contributed by atoms with van der Waals surface area (Å²) in [5.74, 6) is -0.421. The Balaban J connectivity index is 0.00000338. The third-order valence-corrected chi connectivity index (χ3v) is 6.01. The highest BCUT2D eigenvalue weighted by Crippen LogP contribution is 2.24. The fourth-order valence-electron chi connectivity index (χ4n) is 2.33. The van der Waals surface area contributed by atoms with Crippen molar-refractivity contribution in [3.8, 4) is 0 Å². The first-order chi connectivity index (χ1) is 11.6. The molecule has 6 nitrogen and oxygen atoms in total. The van der Waals surface area contributed by atoms with Crippen LogP contribution in [0.15, 0.2) is 53.4 Å². The maximum absolute atomic E-state index is 12.6. The average Bonchev–Trinajstić information content (AvgIpc) is 2.57. The quantitative estimate of drug-likeness (QED) is 0.810. The number of hydrogen-bond donors (Lipinski definition) is 2. The number of halogens is 1. The van der Waals surface area contributed by atoms with E-state index in [9.17, 15) is 13.2 Å². The smallest absolute Gasteiger partial charge is 0.248 e. The minimum absolute atomic E-state index is 0. The predicted molar refractivity (Wildman–Crippen MR) is 106 cm³/mol. The Bertz CT molecular complexity index is 882. The number of carbonyl (C=O) groups excluding carboxylic acids is 1. The molecule has 1 unspecified atom stereocenters. The number of sulfonamides is 1. The van der Waals surface area contributed by atoms with Gasteiger partial charge < -0.3 is 11.1 Å². The molecule has 0 radical (unpaired) electrons. The summed E-state index contributed by atoms with van der Waals surface area (Å²) < 4.78 is 25.9. The fraction of sp³-hybridized carbons (Fsp3) is 0.278. The minimum Gasteiger partial charge on any atom is -0.324 e. The van der Waals surface area contributed by atoms with Gasteiger partial charge in [-0.3, -0.25) is 4.79 Å². The molecule has 2 aromatic rings. The summed E-state index contributed by atoms with van der Waals surface area (Å²) >= 11 is 0. The Kier molecular flexibility index (Phi) is 6.95. The number of hydrogen-bond acceptors (Lipinski definition) is 4. The lowest BCUT2D eigenvalue weighted by Gasteiger charge is -2.24. The Morgan fingerprint density at radius 1 is 1.12 bits per heavy atom. The Hall–Kier alpha value is -1.93. The molecule has 0 saturated heterocycles. The number of nitrogens with zero attached hydrogens (tertiary/aromatic N) is 1. The van der Waals surface area contributed by atoms with Gasteiger partial charge in [-0.1, -0.05) is 36.4 Å². The van der Waals surface area contributed by atoms with Crippen molar-refractivity contribution in [3.63, 3.8) is 0 Å². The molecule has 1 amide bonds. The summed E-state index contributed by atoms with van der Waals surface area (Å²) in [7, 11) is -0.673. The van der Waals surface area contributed by atoms with Crippen molar-refractivity contribution in [1.82, 2.24) is 4.31 Å². The highest BCUT2D eigenvalue weighted by atomic mass is 35.5. The van der Waals surface area contributed by atoms with E-state index in [1.165, 1.54) is 20.2 Å². The van der Waals surface area contributed by atoms with E-state index in [1.807, 2.05) is 6.07 Å². The van der Waals surface area contributed by atoms with Crippen LogP contribution in [0.4, 0.5) is 5.69 Å². The maximum atomic E-state index is 12.6. The first-order valence-corrected chi connectivity index (χ1v) is 9.20. The van der Waals surface area contributed by atoms with Crippen molar-refractivity contribution in [2.45, 2.75) is 24.3 Å². The van der Waals surface area contributed by atoms with Crippen molar-refractivity contribution in [2.75, 3.05) is 19.4 Å². The maximum Gasteiger partial charge on any atom is 0.248 e. The van der Waals surface area contributed by atoms with Gasteiger partial charge in [0.05, 0.1) is 4.90 Å². The van der Waals surface area contributed by atoms with E-state index >= 15 is 0 Å². The van der Waals surface area contributed by atoms with Crippen molar-refractivity contribution >= 4 is 34.0 Å². The highest BCUT2D eigenvalue weighted by Gasteiger charge is 2.30. The number of rotatable bonds is 5. The number of amides is 1. The summed E-state index contributed by atoms with van der Waals surface area (Å²) in [4.78, 5) is 12.8. The van der Waals surface area contributed by atoms with Crippen molar-refractivity contribution in [1.29, 1.82) is 0 Å². The molecular formula is C18H24ClN3O3S. The van der Waals surface area contributed by atoms with Crippen LogP contribution in [0.1, 0.15) is 18.1 Å². The van der Waals surface area contributed by atoms with Gasteiger partial charge in [-0.25, -0.2) is 12.7 Å². The second-order valence-electron chi connectivity index (χ2n) is 6.29. The largest absolute Gasteiger partial charge is 0.324 e. The fourth-order valence-corrected chi connectivity index (χ4v) is 3.47. The van der Waals surface area contributed by atoms with E-state index in [4.69, 9.17) is 5.73 Å². The van der Waals surface area contributed by atoms with Crippen LogP contribution in [0.25, 0.3) is 0 Å². The number of aryl methyl sites for hydroxylation is 1. The molecule has 1 atom stereocenters. The molecule has 0 aliphatic rings. The van der Waals surface area contributed by atoms with E-state index in [2.05, 4.69) is 5.32 Å². The third kappa shape index (κ3) is 4.42. The van der Waals surface area contributed by atoms with Gasteiger partial charge in [0.25, 0.3) is 0 Å². The number of nitrogens with one attached hydrogen (secondary N) is 1. The lowest BCUT2D eigenvalue weighted by atomic mass is 9.92. The monoisotopic (exact) mass is 397 g/mol. The van der Waals surface area contributed by atoms with Gasteiger partial charge in [0.1, 0.15) is 5.54 Å². The van der Waals surface area contributed by atoms with Crippen LogP contribution in [-0.2, 0) is 20.4 Å². The van der Waals surface area contributed by atoms with Crippen LogP contribution < -0.4 is 11.1 Å². The molecule has 0 bridgehead atoms. The van der Waals surface area contributed by atoms with Crippen molar-refractivity contribution < 1.29 is 13.2 Å². The van der Waals surface area contributed by atoms with E-state index in [0.29, 0.717) is 16.8 Å². The molecule has 0 saturated carbocycles. The first-order valence-electron chi connectivity index (χ1n) is 7.76. The zero-order valence-corrected chi connectivity index (χ0v) is 16.8. The van der Waals surface area contributed by atoms with Crippen LogP contribution in [0, 0.1) is 6.92 Å². The Labute approximate surface area is 160 Å². The summed E-state index contributed by atoms with van der Waals surface area (Å²) in [6.45, 7) is 3.32. The molecule has 8 heteroatoms. The number of benzene rings is 2. The molecule has 3 N–H and O–H groups in total. The molecule has 0 aliphatic carbocycles. The molecule has 142 valence electrons. The van der Waals surface area contributed by atoms with Crippen LogP contribution in [-0.4, -0.2) is 32.7 Å². The number of nitrogens with two attached hydrogens (primary N) is 1. The predicted octanol–water partition coefficient (Wildman–Crippen LogP) is 2.48. The van der Waals surface area contributed by atoms with Crippen LogP contribution in [0.2, 0.25) is 0 Å². The van der Waals surface area contributed by atoms with E-state index < -0.39 is 21.5 Å².